The number of imidazole rings is 1. The van der Waals surface area contributed by atoms with Crippen LogP contribution in [0.15, 0.2) is 54.7 Å². The molecular weight excluding hydrogens is 396 g/mol. The highest BCUT2D eigenvalue weighted by molar-refractivity contribution is 5.82. The van der Waals surface area contributed by atoms with Gasteiger partial charge < -0.3 is 16.2 Å². The van der Waals surface area contributed by atoms with Gasteiger partial charge in [0.05, 0.1) is 5.56 Å². The van der Waals surface area contributed by atoms with E-state index in [0.717, 1.165) is 33.7 Å². The molecule has 1 aromatic carbocycles. The van der Waals surface area contributed by atoms with E-state index < -0.39 is 0 Å². The van der Waals surface area contributed by atoms with E-state index in [9.17, 15) is 4.79 Å². The number of nitrogens with zero attached hydrogens (tertiary/aromatic N) is 4. The monoisotopic (exact) mass is 418 g/mol. The minimum atomic E-state index is -0.307. The SMILES string of the molecule is CC(=O)OCc1ccc(-n2c(-c3cccnc3N)nc3ccc(C)nc32)cc1.NC=O. The molecule has 0 saturated heterocycles. The van der Waals surface area contributed by atoms with E-state index in [4.69, 9.17) is 20.2 Å². The number of esters is 1. The summed E-state index contributed by atoms with van der Waals surface area (Å²) in [4.78, 5) is 33.2. The number of benzene rings is 1. The van der Waals surface area contributed by atoms with Crippen molar-refractivity contribution in [2.75, 3.05) is 5.73 Å². The first-order chi connectivity index (χ1) is 14.9. The maximum Gasteiger partial charge on any atom is 0.302 e. The largest absolute Gasteiger partial charge is 0.461 e. The van der Waals surface area contributed by atoms with Crippen molar-refractivity contribution in [1.82, 2.24) is 19.5 Å². The molecule has 4 N–H and O–H groups in total. The zero-order valence-corrected chi connectivity index (χ0v) is 17.1. The number of ether oxygens (including phenoxy) is 1. The lowest BCUT2D eigenvalue weighted by Gasteiger charge is -2.11. The minimum absolute atomic E-state index is 0.236. The lowest BCUT2D eigenvalue weighted by atomic mass is 10.2. The third-order valence-corrected chi connectivity index (χ3v) is 4.36. The first-order valence-corrected chi connectivity index (χ1v) is 9.39. The fourth-order valence-electron chi connectivity index (χ4n) is 3.01. The maximum atomic E-state index is 11.0. The highest BCUT2D eigenvalue weighted by atomic mass is 16.5. The average molecular weight is 418 g/mol. The molecule has 0 unspecified atom stereocenters. The Balaban J connectivity index is 0.000000858. The number of primary amides is 1. The van der Waals surface area contributed by atoms with Gasteiger partial charge in [0.15, 0.2) is 11.5 Å². The molecular formula is C22H22N6O3. The second kappa shape index (κ2) is 9.49. The predicted molar refractivity (Wildman–Crippen MR) is 117 cm³/mol. The van der Waals surface area contributed by atoms with Crippen LogP contribution >= 0.6 is 0 Å². The second-order valence-corrected chi connectivity index (χ2v) is 6.59. The Bertz CT molecular complexity index is 1220. The summed E-state index contributed by atoms with van der Waals surface area (Å²) in [6.07, 6.45) is 1.90. The van der Waals surface area contributed by atoms with Gasteiger partial charge in [-0.1, -0.05) is 12.1 Å². The molecule has 31 heavy (non-hydrogen) atoms. The molecule has 0 saturated carbocycles. The van der Waals surface area contributed by atoms with Gasteiger partial charge >= 0.3 is 5.97 Å². The van der Waals surface area contributed by atoms with Crippen LogP contribution in [0.4, 0.5) is 5.82 Å². The molecule has 0 aliphatic heterocycles. The number of amides is 1. The van der Waals surface area contributed by atoms with Crippen molar-refractivity contribution in [1.29, 1.82) is 0 Å². The molecule has 0 aliphatic carbocycles. The van der Waals surface area contributed by atoms with E-state index in [1.807, 2.05) is 60.0 Å². The van der Waals surface area contributed by atoms with E-state index in [0.29, 0.717) is 11.6 Å². The molecule has 3 aromatic heterocycles. The Morgan fingerprint density at radius 2 is 1.84 bits per heavy atom. The normalized spacial score (nSPS) is 10.3. The topological polar surface area (TPSA) is 139 Å². The summed E-state index contributed by atoms with van der Waals surface area (Å²) >= 11 is 0. The number of hydrogen-bond acceptors (Lipinski definition) is 7. The van der Waals surface area contributed by atoms with Crippen LogP contribution in [-0.4, -0.2) is 31.9 Å². The molecule has 9 nitrogen and oxygen atoms in total. The number of nitrogens with two attached hydrogens (primary N) is 2. The summed E-state index contributed by atoms with van der Waals surface area (Å²) in [6.45, 7) is 3.57. The van der Waals surface area contributed by atoms with Gasteiger partial charge in [0.1, 0.15) is 17.9 Å². The lowest BCUT2D eigenvalue weighted by molar-refractivity contribution is -0.142. The van der Waals surface area contributed by atoms with Crippen LogP contribution in [-0.2, 0) is 20.9 Å². The summed E-state index contributed by atoms with van der Waals surface area (Å²) in [7, 11) is 0. The van der Waals surface area contributed by atoms with E-state index in [1.165, 1.54) is 6.92 Å². The van der Waals surface area contributed by atoms with Crippen LogP contribution in [0.25, 0.3) is 28.2 Å². The molecule has 9 heteroatoms. The zero-order valence-electron chi connectivity index (χ0n) is 17.1. The molecule has 0 spiro atoms. The molecule has 158 valence electrons. The fraction of sp³-hybridized carbons (Fsp3) is 0.136. The predicted octanol–water partition coefficient (Wildman–Crippen LogP) is 2.54. The Morgan fingerprint density at radius 1 is 1.13 bits per heavy atom. The molecule has 3 heterocycles. The van der Waals surface area contributed by atoms with Gasteiger partial charge in [-0.2, -0.15) is 0 Å². The number of fused-ring (bicyclic) bond motifs is 1. The second-order valence-electron chi connectivity index (χ2n) is 6.59. The van der Waals surface area contributed by atoms with Crippen molar-refractivity contribution in [3.05, 3.63) is 66.0 Å². The van der Waals surface area contributed by atoms with Crippen LogP contribution in [0.5, 0.6) is 0 Å². The summed E-state index contributed by atoms with van der Waals surface area (Å²) < 4.78 is 7.02. The van der Waals surface area contributed by atoms with E-state index in [-0.39, 0.29) is 19.0 Å². The fourth-order valence-corrected chi connectivity index (χ4v) is 3.01. The number of anilines is 1. The number of carbonyl (C=O) groups excluding carboxylic acids is 2. The highest BCUT2D eigenvalue weighted by Gasteiger charge is 2.17. The number of aryl methyl sites for hydroxylation is 1. The molecule has 0 aliphatic rings. The minimum Gasteiger partial charge on any atom is -0.461 e. The quantitative estimate of drug-likeness (QED) is 0.383. The molecule has 4 aromatic rings. The Labute approximate surface area is 178 Å². The standard InChI is InChI=1S/C21H19N5O2.CH3NO/c1-13-5-10-18-21(24-13)26(20(25-18)17-4-3-11-23-19(17)22)16-8-6-15(7-9-16)12-28-14(2)27;2-1-3/h3-11H,12H2,1-2H3,(H2,22,23);1H,(H2,2,3). The van der Waals surface area contributed by atoms with Gasteiger partial charge in [-0.15, -0.1) is 0 Å². The van der Waals surface area contributed by atoms with Crippen LogP contribution in [0, 0.1) is 6.92 Å². The van der Waals surface area contributed by atoms with Gasteiger partial charge in [0.25, 0.3) is 0 Å². The summed E-state index contributed by atoms with van der Waals surface area (Å²) in [5.41, 5.74) is 15.2. The van der Waals surface area contributed by atoms with Gasteiger partial charge in [-0.25, -0.2) is 15.0 Å². The number of carbonyl (C=O) groups is 2. The molecule has 0 bridgehead atoms. The maximum absolute atomic E-state index is 11.0. The molecule has 1 amide bonds. The van der Waals surface area contributed by atoms with E-state index in [1.54, 1.807) is 6.20 Å². The number of aromatic nitrogens is 4. The molecule has 0 fully saturated rings. The van der Waals surface area contributed by atoms with Gasteiger partial charge in [-0.3, -0.25) is 14.2 Å². The first kappa shape index (κ1) is 21.4. The van der Waals surface area contributed by atoms with E-state index >= 15 is 0 Å². The molecule has 0 radical (unpaired) electrons. The van der Waals surface area contributed by atoms with Gasteiger partial charge in [-0.05, 0) is 48.9 Å². The summed E-state index contributed by atoms with van der Waals surface area (Å²) in [5, 5.41) is 0. The van der Waals surface area contributed by atoms with Gasteiger partial charge in [0, 0.05) is 24.5 Å². The summed E-state index contributed by atoms with van der Waals surface area (Å²) in [6, 6.07) is 15.3. The van der Waals surface area contributed by atoms with Crippen molar-refractivity contribution >= 4 is 29.4 Å². The Kier molecular flexibility index (Phi) is 6.56. The summed E-state index contributed by atoms with van der Waals surface area (Å²) in [5.74, 6) is 0.771. The number of nitrogen functional groups attached to an aromatic ring is 1. The first-order valence-electron chi connectivity index (χ1n) is 9.39. The lowest BCUT2D eigenvalue weighted by Crippen LogP contribution is -2.03. The molecule has 0 atom stereocenters. The van der Waals surface area contributed by atoms with Crippen molar-refractivity contribution in [2.24, 2.45) is 5.73 Å². The van der Waals surface area contributed by atoms with Crippen molar-refractivity contribution in [3.63, 3.8) is 0 Å². The van der Waals surface area contributed by atoms with Gasteiger partial charge in [0.2, 0.25) is 6.41 Å². The van der Waals surface area contributed by atoms with Crippen LogP contribution in [0.3, 0.4) is 0 Å². The third kappa shape index (κ3) is 4.84. The number of pyridine rings is 2. The van der Waals surface area contributed by atoms with Crippen molar-refractivity contribution < 1.29 is 14.3 Å². The zero-order chi connectivity index (χ0) is 22.4. The Hall–Kier alpha value is -4.27. The van der Waals surface area contributed by atoms with Crippen LogP contribution in [0.1, 0.15) is 18.2 Å². The highest BCUT2D eigenvalue weighted by Crippen LogP contribution is 2.30. The third-order valence-electron chi connectivity index (χ3n) is 4.36. The Morgan fingerprint density at radius 3 is 2.48 bits per heavy atom. The van der Waals surface area contributed by atoms with Crippen LogP contribution < -0.4 is 11.5 Å². The smallest absolute Gasteiger partial charge is 0.302 e. The van der Waals surface area contributed by atoms with Crippen molar-refractivity contribution in [2.45, 2.75) is 20.5 Å². The number of hydrogen-bond donors (Lipinski definition) is 2. The molecule has 4 rings (SSSR count). The van der Waals surface area contributed by atoms with E-state index in [2.05, 4.69) is 15.7 Å². The number of rotatable bonds is 4. The van der Waals surface area contributed by atoms with Crippen LogP contribution in [0.2, 0.25) is 0 Å². The van der Waals surface area contributed by atoms with Crippen molar-refractivity contribution in [3.8, 4) is 17.1 Å². The average Bonchev–Trinajstić information content (AvgIpc) is 3.12.